The van der Waals surface area contributed by atoms with E-state index in [0.29, 0.717) is 0 Å². The molecule has 1 atom stereocenters. The van der Waals surface area contributed by atoms with E-state index in [1.54, 1.807) is 17.6 Å². The molecule has 0 fully saturated rings. The van der Waals surface area contributed by atoms with Gasteiger partial charge in [0.15, 0.2) is 0 Å². The second-order valence-corrected chi connectivity index (χ2v) is 6.79. The van der Waals surface area contributed by atoms with Gasteiger partial charge in [0, 0.05) is 9.17 Å². The summed E-state index contributed by atoms with van der Waals surface area (Å²) in [5.74, 6) is 0.981. The third-order valence-corrected chi connectivity index (χ3v) is 5.87. The second kappa shape index (κ2) is 4.83. The molecule has 0 N–H and O–H groups in total. The Balaban J connectivity index is 2.16. The molecule has 18 heavy (non-hydrogen) atoms. The van der Waals surface area contributed by atoms with E-state index in [4.69, 9.17) is 4.42 Å². The SMILES string of the molecule is Cc1ccoc1C(Br)c1csc2c(Br)cccc12. The number of aryl methyl sites for hydroxylation is 1. The number of halogens is 2. The number of rotatable bonds is 2. The van der Waals surface area contributed by atoms with E-state index in [1.165, 1.54) is 21.2 Å². The molecular weight excluding hydrogens is 376 g/mol. The molecule has 0 radical (unpaired) electrons. The molecule has 0 aliphatic rings. The van der Waals surface area contributed by atoms with Crippen LogP contribution in [0.25, 0.3) is 10.1 Å². The summed E-state index contributed by atoms with van der Waals surface area (Å²) in [6, 6.07) is 8.29. The summed E-state index contributed by atoms with van der Waals surface area (Å²) < 4.78 is 8.00. The predicted octanol–water partition coefficient (Wildman–Crippen LogP) is 6.05. The molecule has 92 valence electrons. The average molecular weight is 386 g/mol. The summed E-state index contributed by atoms with van der Waals surface area (Å²) in [5, 5.41) is 3.46. The van der Waals surface area contributed by atoms with Crippen LogP contribution in [0.4, 0.5) is 0 Å². The second-order valence-electron chi connectivity index (χ2n) is 4.14. The molecule has 4 heteroatoms. The number of thiophene rings is 1. The molecule has 2 aromatic heterocycles. The number of fused-ring (bicyclic) bond motifs is 1. The van der Waals surface area contributed by atoms with Crippen molar-refractivity contribution < 1.29 is 4.42 Å². The minimum atomic E-state index is 0.107. The summed E-state index contributed by atoms with van der Waals surface area (Å²) in [7, 11) is 0. The van der Waals surface area contributed by atoms with Gasteiger partial charge in [0.05, 0.1) is 11.1 Å². The van der Waals surface area contributed by atoms with Crippen LogP contribution in [0.3, 0.4) is 0 Å². The normalized spacial score (nSPS) is 13.1. The van der Waals surface area contributed by atoms with Crippen molar-refractivity contribution in [3.8, 4) is 0 Å². The van der Waals surface area contributed by atoms with Crippen LogP contribution in [0.2, 0.25) is 0 Å². The average Bonchev–Trinajstić information content (AvgIpc) is 2.95. The monoisotopic (exact) mass is 384 g/mol. The van der Waals surface area contributed by atoms with E-state index in [1.807, 2.05) is 6.07 Å². The Bertz CT molecular complexity index is 699. The lowest BCUT2D eigenvalue weighted by Gasteiger charge is -2.07. The van der Waals surface area contributed by atoms with E-state index in [0.717, 1.165) is 10.2 Å². The van der Waals surface area contributed by atoms with Crippen LogP contribution in [0.15, 0.2) is 44.8 Å². The topological polar surface area (TPSA) is 13.1 Å². The summed E-state index contributed by atoms with van der Waals surface area (Å²) >= 11 is 9.09. The smallest absolute Gasteiger partial charge is 0.124 e. The van der Waals surface area contributed by atoms with E-state index >= 15 is 0 Å². The molecule has 0 saturated carbocycles. The van der Waals surface area contributed by atoms with Gasteiger partial charge in [-0.15, -0.1) is 11.3 Å². The van der Waals surface area contributed by atoms with Crippen LogP contribution in [0.5, 0.6) is 0 Å². The molecular formula is C14H10Br2OS. The van der Waals surface area contributed by atoms with Crippen LogP contribution in [-0.4, -0.2) is 0 Å². The molecule has 0 bridgehead atoms. The fourth-order valence-corrected chi connectivity index (χ4v) is 4.69. The van der Waals surface area contributed by atoms with Gasteiger partial charge < -0.3 is 4.42 Å². The van der Waals surface area contributed by atoms with Crippen molar-refractivity contribution >= 4 is 53.3 Å². The lowest BCUT2D eigenvalue weighted by Crippen LogP contribution is -1.91. The Hall–Kier alpha value is -0.580. The van der Waals surface area contributed by atoms with E-state index < -0.39 is 0 Å². The zero-order valence-corrected chi connectivity index (χ0v) is 13.6. The standard InChI is InChI=1S/C14H10Br2OS/c1-8-5-6-17-13(8)12(16)10-7-18-14-9(10)3-2-4-11(14)15/h2-7,12H,1H3. The van der Waals surface area contributed by atoms with E-state index in [2.05, 4.69) is 62.4 Å². The third kappa shape index (κ3) is 1.96. The van der Waals surface area contributed by atoms with Gasteiger partial charge in [-0.1, -0.05) is 28.1 Å². The molecule has 0 spiro atoms. The van der Waals surface area contributed by atoms with Crippen LogP contribution in [-0.2, 0) is 0 Å². The first-order valence-electron chi connectivity index (χ1n) is 5.52. The third-order valence-electron chi connectivity index (χ3n) is 2.99. The van der Waals surface area contributed by atoms with Crippen LogP contribution >= 0.6 is 43.2 Å². The van der Waals surface area contributed by atoms with Crippen molar-refractivity contribution in [3.05, 3.63) is 57.3 Å². The molecule has 1 unspecified atom stereocenters. The quantitative estimate of drug-likeness (QED) is 0.489. The summed E-state index contributed by atoms with van der Waals surface area (Å²) in [6.45, 7) is 2.07. The van der Waals surface area contributed by atoms with Crippen molar-refractivity contribution in [1.29, 1.82) is 0 Å². The highest BCUT2D eigenvalue weighted by atomic mass is 79.9. The maximum absolute atomic E-state index is 5.58. The van der Waals surface area contributed by atoms with Crippen LogP contribution < -0.4 is 0 Å². The van der Waals surface area contributed by atoms with Gasteiger partial charge in [-0.3, -0.25) is 0 Å². The van der Waals surface area contributed by atoms with Crippen molar-refractivity contribution in [2.75, 3.05) is 0 Å². The Morgan fingerprint density at radius 1 is 1.28 bits per heavy atom. The molecule has 3 aromatic rings. The van der Waals surface area contributed by atoms with Crippen LogP contribution in [0, 0.1) is 6.92 Å². The molecule has 0 saturated heterocycles. The van der Waals surface area contributed by atoms with Gasteiger partial charge in [0.1, 0.15) is 5.76 Å². The van der Waals surface area contributed by atoms with Gasteiger partial charge in [-0.2, -0.15) is 0 Å². The maximum Gasteiger partial charge on any atom is 0.124 e. The molecule has 1 aromatic carbocycles. The number of hydrogen-bond donors (Lipinski definition) is 0. The van der Waals surface area contributed by atoms with Gasteiger partial charge in [0.25, 0.3) is 0 Å². The predicted molar refractivity (Wildman–Crippen MR) is 83.7 cm³/mol. The lowest BCUT2D eigenvalue weighted by atomic mass is 10.1. The van der Waals surface area contributed by atoms with Crippen molar-refractivity contribution in [2.24, 2.45) is 0 Å². The summed E-state index contributed by atoms with van der Waals surface area (Å²) in [4.78, 5) is 0.107. The number of furan rings is 1. The first-order valence-corrected chi connectivity index (χ1v) is 8.11. The number of alkyl halides is 1. The first-order chi connectivity index (χ1) is 8.68. The van der Waals surface area contributed by atoms with Crippen molar-refractivity contribution in [1.82, 2.24) is 0 Å². The van der Waals surface area contributed by atoms with Gasteiger partial charge >= 0.3 is 0 Å². The lowest BCUT2D eigenvalue weighted by molar-refractivity contribution is 0.517. The largest absolute Gasteiger partial charge is 0.468 e. The highest BCUT2D eigenvalue weighted by molar-refractivity contribution is 9.10. The van der Waals surface area contributed by atoms with E-state index in [-0.39, 0.29) is 4.83 Å². The van der Waals surface area contributed by atoms with Crippen molar-refractivity contribution in [2.45, 2.75) is 11.8 Å². The summed E-state index contributed by atoms with van der Waals surface area (Å²) in [5.41, 5.74) is 2.43. The minimum Gasteiger partial charge on any atom is -0.468 e. The summed E-state index contributed by atoms with van der Waals surface area (Å²) in [6.07, 6.45) is 1.74. The molecule has 0 aliphatic heterocycles. The first kappa shape index (κ1) is 12.5. The molecule has 0 amide bonds. The highest BCUT2D eigenvalue weighted by Gasteiger charge is 2.20. The zero-order valence-electron chi connectivity index (χ0n) is 9.61. The van der Waals surface area contributed by atoms with Gasteiger partial charge in [-0.25, -0.2) is 0 Å². The van der Waals surface area contributed by atoms with Crippen molar-refractivity contribution in [3.63, 3.8) is 0 Å². The maximum atomic E-state index is 5.58. The minimum absolute atomic E-state index is 0.107. The Labute approximate surface area is 126 Å². The van der Waals surface area contributed by atoms with E-state index in [9.17, 15) is 0 Å². The van der Waals surface area contributed by atoms with Gasteiger partial charge in [0.2, 0.25) is 0 Å². The number of benzene rings is 1. The highest BCUT2D eigenvalue weighted by Crippen LogP contribution is 2.41. The zero-order chi connectivity index (χ0) is 12.7. The Morgan fingerprint density at radius 2 is 2.11 bits per heavy atom. The molecule has 2 heterocycles. The molecule has 0 aliphatic carbocycles. The number of hydrogen-bond acceptors (Lipinski definition) is 2. The fourth-order valence-electron chi connectivity index (χ4n) is 2.02. The fraction of sp³-hybridized carbons (Fsp3) is 0.143. The molecule has 1 nitrogen and oxygen atoms in total. The molecule has 3 rings (SSSR count). The van der Waals surface area contributed by atoms with Gasteiger partial charge in [-0.05, 0) is 56.9 Å². The Kier molecular flexibility index (Phi) is 3.34. The van der Waals surface area contributed by atoms with Crippen LogP contribution in [0.1, 0.15) is 21.7 Å². The Morgan fingerprint density at radius 3 is 2.83 bits per heavy atom.